The molecule has 0 unspecified atom stereocenters. The summed E-state index contributed by atoms with van der Waals surface area (Å²) in [5.41, 5.74) is 0. The van der Waals surface area contributed by atoms with Gasteiger partial charge in [-0.2, -0.15) is 0 Å². The molecule has 0 bridgehead atoms. The van der Waals surface area contributed by atoms with Crippen molar-refractivity contribution >= 4 is 0 Å². The van der Waals surface area contributed by atoms with Crippen molar-refractivity contribution in [3.8, 4) is 0 Å². The average molecular weight is 193 g/mol. The first-order valence-electron chi connectivity index (χ1n) is 5.40. The van der Waals surface area contributed by atoms with E-state index in [9.17, 15) is 0 Å². The molecular formula is C13H23N. The van der Waals surface area contributed by atoms with Crippen LogP contribution in [0.5, 0.6) is 0 Å². The van der Waals surface area contributed by atoms with Crippen LogP contribution in [0.2, 0.25) is 0 Å². The fraction of sp³-hybridized carbons (Fsp3) is 0.615. The van der Waals surface area contributed by atoms with E-state index in [0.717, 1.165) is 17.8 Å². The molecule has 1 aromatic rings. The first-order chi connectivity index (χ1) is 6.55. The Morgan fingerprint density at radius 1 is 0.714 bits per heavy atom. The zero-order valence-corrected chi connectivity index (χ0v) is 10.1. The van der Waals surface area contributed by atoms with Crippen LogP contribution < -0.4 is 0 Å². The maximum Gasteiger partial charge on any atom is 0.0267 e. The van der Waals surface area contributed by atoms with Crippen molar-refractivity contribution in [3.63, 3.8) is 0 Å². The van der Waals surface area contributed by atoms with Crippen LogP contribution in [0.3, 0.4) is 0 Å². The van der Waals surface area contributed by atoms with Gasteiger partial charge in [-0.05, 0) is 29.9 Å². The number of rotatable bonds is 2. The molecule has 1 heteroatoms. The van der Waals surface area contributed by atoms with E-state index < -0.39 is 0 Å². The molecule has 1 aromatic heterocycles. The molecule has 0 fully saturated rings. The highest BCUT2D eigenvalue weighted by atomic mass is 14.6. The number of aromatic nitrogens is 1. The maximum absolute atomic E-state index is 3.78. The van der Waals surface area contributed by atoms with E-state index in [2.05, 4.69) is 39.6 Å². The Morgan fingerprint density at radius 3 is 1.21 bits per heavy atom. The summed E-state index contributed by atoms with van der Waals surface area (Å²) in [4.78, 5) is 3.78. The predicted molar refractivity (Wildman–Crippen MR) is 63.1 cm³/mol. The summed E-state index contributed by atoms with van der Waals surface area (Å²) in [5.74, 6) is 2.56. The summed E-state index contributed by atoms with van der Waals surface area (Å²) >= 11 is 0. The van der Waals surface area contributed by atoms with Gasteiger partial charge in [0.15, 0.2) is 0 Å². The third-order valence-electron chi connectivity index (χ3n) is 2.67. The molecule has 0 saturated heterocycles. The highest BCUT2D eigenvalue weighted by Crippen LogP contribution is 2.18. The lowest BCUT2D eigenvalue weighted by molar-refractivity contribution is 0.316. The molecule has 1 nitrogen and oxygen atoms in total. The van der Waals surface area contributed by atoms with E-state index >= 15 is 0 Å². The second-order valence-corrected chi connectivity index (χ2v) is 4.37. The van der Waals surface area contributed by atoms with Gasteiger partial charge in [0, 0.05) is 12.4 Å². The Labute approximate surface area is 88.6 Å². The van der Waals surface area contributed by atoms with Crippen molar-refractivity contribution in [1.82, 2.24) is 4.98 Å². The largest absolute Gasteiger partial charge is 0.265 e. The molecule has 0 aliphatic heterocycles. The summed E-state index contributed by atoms with van der Waals surface area (Å²) in [6.07, 6.45) is 3.50. The first kappa shape index (κ1) is 13.2. The molecule has 1 heterocycles. The second kappa shape index (κ2) is 7.54. The zero-order valence-electron chi connectivity index (χ0n) is 10.1. The van der Waals surface area contributed by atoms with Gasteiger partial charge < -0.3 is 0 Å². The lowest BCUT2D eigenvalue weighted by Gasteiger charge is -2.18. The van der Waals surface area contributed by atoms with Crippen LogP contribution in [-0.2, 0) is 0 Å². The third kappa shape index (κ3) is 6.64. The molecule has 80 valence electrons. The van der Waals surface area contributed by atoms with Crippen molar-refractivity contribution in [2.45, 2.75) is 34.6 Å². The third-order valence-corrected chi connectivity index (χ3v) is 2.67. The first-order valence-corrected chi connectivity index (χ1v) is 5.40. The van der Waals surface area contributed by atoms with Crippen molar-refractivity contribution in [2.75, 3.05) is 0 Å². The predicted octanol–water partition coefficient (Wildman–Crippen LogP) is 4.02. The van der Waals surface area contributed by atoms with Gasteiger partial charge >= 0.3 is 0 Å². The lowest BCUT2D eigenvalue weighted by Crippen LogP contribution is -2.10. The van der Waals surface area contributed by atoms with Gasteiger partial charge in [-0.15, -0.1) is 0 Å². The molecule has 0 aliphatic carbocycles. The summed E-state index contributed by atoms with van der Waals surface area (Å²) in [7, 11) is 0. The van der Waals surface area contributed by atoms with Gasteiger partial charge in [0.05, 0.1) is 0 Å². The number of hydrogen-bond acceptors (Lipinski definition) is 1. The molecule has 0 amide bonds. The van der Waals surface area contributed by atoms with Crippen LogP contribution in [0.15, 0.2) is 30.6 Å². The van der Waals surface area contributed by atoms with E-state index in [-0.39, 0.29) is 0 Å². The fourth-order valence-corrected chi connectivity index (χ4v) is 1.08. The molecule has 1 rings (SSSR count). The Morgan fingerprint density at radius 2 is 1.14 bits per heavy atom. The van der Waals surface area contributed by atoms with Crippen molar-refractivity contribution < 1.29 is 0 Å². The Hall–Kier alpha value is -0.850. The van der Waals surface area contributed by atoms with Gasteiger partial charge in [0.1, 0.15) is 0 Å². The maximum atomic E-state index is 3.78. The summed E-state index contributed by atoms with van der Waals surface area (Å²) < 4.78 is 0. The van der Waals surface area contributed by atoms with E-state index in [0.29, 0.717) is 0 Å². The van der Waals surface area contributed by atoms with E-state index in [1.165, 1.54) is 0 Å². The monoisotopic (exact) mass is 193 g/mol. The normalized spacial score (nSPS) is 10.3. The van der Waals surface area contributed by atoms with Gasteiger partial charge in [0.2, 0.25) is 0 Å². The standard InChI is InChI=1S/C8H18.C5H5N/c1-6(2)8(5)7(3)4;1-2-4-6-5-3-1/h6-8H,1-5H3;1-5H. The fourth-order valence-electron chi connectivity index (χ4n) is 1.08. The SMILES string of the molecule is CC(C)C(C)C(C)C.c1ccncc1. The second-order valence-electron chi connectivity index (χ2n) is 4.37. The molecule has 0 saturated carbocycles. The van der Waals surface area contributed by atoms with E-state index in [4.69, 9.17) is 0 Å². The Balaban J connectivity index is 0.000000249. The number of pyridine rings is 1. The molecular weight excluding hydrogens is 170 g/mol. The van der Waals surface area contributed by atoms with Crippen LogP contribution in [-0.4, -0.2) is 4.98 Å². The number of hydrogen-bond donors (Lipinski definition) is 0. The van der Waals surface area contributed by atoms with E-state index in [1.54, 1.807) is 12.4 Å². The van der Waals surface area contributed by atoms with Gasteiger partial charge in [-0.25, -0.2) is 0 Å². The van der Waals surface area contributed by atoms with Crippen molar-refractivity contribution in [3.05, 3.63) is 30.6 Å². The summed E-state index contributed by atoms with van der Waals surface area (Å²) in [6.45, 7) is 11.4. The van der Waals surface area contributed by atoms with E-state index in [1.807, 2.05) is 18.2 Å². The van der Waals surface area contributed by atoms with Gasteiger partial charge in [0.25, 0.3) is 0 Å². The molecule has 0 spiro atoms. The van der Waals surface area contributed by atoms with Crippen LogP contribution in [0.4, 0.5) is 0 Å². The summed E-state index contributed by atoms with van der Waals surface area (Å²) in [6, 6.07) is 5.72. The average Bonchev–Trinajstić information content (AvgIpc) is 2.20. The van der Waals surface area contributed by atoms with Crippen LogP contribution >= 0.6 is 0 Å². The van der Waals surface area contributed by atoms with Crippen LogP contribution in [0.25, 0.3) is 0 Å². The molecule has 0 aliphatic rings. The number of nitrogens with zero attached hydrogens (tertiary/aromatic N) is 1. The molecule has 0 aromatic carbocycles. The minimum Gasteiger partial charge on any atom is -0.265 e. The quantitative estimate of drug-likeness (QED) is 0.691. The smallest absolute Gasteiger partial charge is 0.0267 e. The molecule has 14 heavy (non-hydrogen) atoms. The summed E-state index contributed by atoms with van der Waals surface area (Å²) in [5, 5.41) is 0. The minimum atomic E-state index is 0.843. The Kier molecular flexibility index (Phi) is 7.09. The van der Waals surface area contributed by atoms with Gasteiger partial charge in [-0.3, -0.25) is 4.98 Å². The van der Waals surface area contributed by atoms with Crippen LogP contribution in [0, 0.1) is 17.8 Å². The lowest BCUT2D eigenvalue weighted by atomic mass is 9.88. The highest BCUT2D eigenvalue weighted by Gasteiger charge is 2.09. The Bertz CT molecular complexity index is 169. The minimum absolute atomic E-state index is 0.843. The zero-order chi connectivity index (χ0) is 11.0. The molecule has 0 radical (unpaired) electrons. The molecule has 0 atom stereocenters. The topological polar surface area (TPSA) is 12.9 Å². The van der Waals surface area contributed by atoms with Crippen LogP contribution in [0.1, 0.15) is 34.6 Å². The highest BCUT2D eigenvalue weighted by molar-refractivity contribution is 4.88. The van der Waals surface area contributed by atoms with Crippen molar-refractivity contribution in [1.29, 1.82) is 0 Å². The molecule has 0 N–H and O–H groups in total. The van der Waals surface area contributed by atoms with Crippen molar-refractivity contribution in [2.24, 2.45) is 17.8 Å². The van der Waals surface area contributed by atoms with Gasteiger partial charge in [-0.1, -0.05) is 40.7 Å².